The lowest BCUT2D eigenvalue weighted by molar-refractivity contribution is -0.131. The van der Waals surface area contributed by atoms with Crippen LogP contribution in [0.5, 0.6) is 0 Å². The molecule has 0 aliphatic carbocycles. The molecule has 1 aromatic carbocycles. The molecule has 0 saturated carbocycles. The highest BCUT2D eigenvalue weighted by molar-refractivity contribution is 7.99. The molecular formula is C14H19N3O2S. The van der Waals surface area contributed by atoms with Crippen molar-refractivity contribution in [2.24, 2.45) is 10.9 Å². The van der Waals surface area contributed by atoms with Crippen molar-refractivity contribution in [2.75, 3.05) is 18.6 Å². The molecule has 5 nitrogen and oxygen atoms in total. The molecule has 1 aromatic rings. The largest absolute Gasteiger partial charge is 0.409 e. The Morgan fingerprint density at radius 3 is 2.75 bits per heavy atom. The molecule has 2 rings (SSSR count). The van der Waals surface area contributed by atoms with Crippen LogP contribution in [0, 0.1) is 0 Å². The van der Waals surface area contributed by atoms with E-state index in [2.05, 4.69) is 5.16 Å². The van der Waals surface area contributed by atoms with Crippen LogP contribution in [0.1, 0.15) is 17.9 Å². The number of likely N-dealkylation sites (N-methyl/N-ethyl adjacent to an activating group) is 1. The van der Waals surface area contributed by atoms with Gasteiger partial charge in [0.15, 0.2) is 5.84 Å². The second-order valence-corrected chi connectivity index (χ2v) is 5.98. The topological polar surface area (TPSA) is 78.9 Å². The van der Waals surface area contributed by atoms with Crippen molar-refractivity contribution in [3.05, 3.63) is 35.9 Å². The number of thioether (sulfide) groups is 1. The van der Waals surface area contributed by atoms with Gasteiger partial charge in [-0.05, 0) is 17.7 Å². The van der Waals surface area contributed by atoms with Crippen LogP contribution >= 0.6 is 11.8 Å². The van der Waals surface area contributed by atoms with Gasteiger partial charge in [-0.25, -0.2) is 0 Å². The Morgan fingerprint density at radius 2 is 2.20 bits per heavy atom. The molecule has 0 bridgehead atoms. The predicted molar refractivity (Wildman–Crippen MR) is 81.1 cm³/mol. The minimum absolute atomic E-state index is 0.0706. The summed E-state index contributed by atoms with van der Waals surface area (Å²) in [4.78, 5) is 14.4. The molecule has 3 N–H and O–H groups in total. The fourth-order valence-corrected chi connectivity index (χ4v) is 3.62. The first kappa shape index (κ1) is 14.7. The molecule has 1 heterocycles. The van der Waals surface area contributed by atoms with E-state index in [-0.39, 0.29) is 17.8 Å². The highest BCUT2D eigenvalue weighted by Crippen LogP contribution is 2.25. The zero-order valence-corrected chi connectivity index (χ0v) is 12.2. The van der Waals surface area contributed by atoms with Crippen molar-refractivity contribution in [2.45, 2.75) is 18.4 Å². The van der Waals surface area contributed by atoms with E-state index >= 15 is 0 Å². The summed E-state index contributed by atoms with van der Waals surface area (Å²) in [6.07, 6.45) is 0.991. The van der Waals surface area contributed by atoms with Gasteiger partial charge in [0.05, 0.1) is 0 Å². The summed E-state index contributed by atoms with van der Waals surface area (Å²) >= 11 is 1.84. The molecule has 1 aliphatic rings. The first-order valence-electron chi connectivity index (χ1n) is 6.52. The van der Waals surface area contributed by atoms with E-state index in [0.717, 1.165) is 23.5 Å². The molecule has 20 heavy (non-hydrogen) atoms. The first-order valence-corrected chi connectivity index (χ1v) is 7.67. The lowest BCUT2D eigenvalue weighted by atomic mass is 9.96. The summed E-state index contributed by atoms with van der Waals surface area (Å²) < 4.78 is 0. The third kappa shape index (κ3) is 3.07. The van der Waals surface area contributed by atoms with Crippen LogP contribution in [0.2, 0.25) is 0 Å². The van der Waals surface area contributed by atoms with Crippen molar-refractivity contribution in [3.63, 3.8) is 0 Å². The SMILES string of the molecule is CN(C(=O)C(C(N)=NO)c1ccccc1)C1CCSC1. The highest BCUT2D eigenvalue weighted by atomic mass is 32.2. The van der Waals surface area contributed by atoms with Gasteiger partial charge in [0.2, 0.25) is 5.91 Å². The normalized spacial score (nSPS) is 20.6. The Morgan fingerprint density at radius 1 is 1.50 bits per heavy atom. The van der Waals surface area contributed by atoms with Gasteiger partial charge in [0.1, 0.15) is 5.92 Å². The Hall–Kier alpha value is -1.69. The van der Waals surface area contributed by atoms with Crippen LogP contribution in [-0.4, -0.2) is 46.4 Å². The van der Waals surface area contributed by atoms with Gasteiger partial charge >= 0.3 is 0 Å². The van der Waals surface area contributed by atoms with Gasteiger partial charge in [0, 0.05) is 18.8 Å². The van der Waals surface area contributed by atoms with Crippen molar-refractivity contribution in [1.29, 1.82) is 0 Å². The number of benzene rings is 1. The Bertz CT molecular complexity index is 486. The van der Waals surface area contributed by atoms with Crippen LogP contribution in [0.3, 0.4) is 0 Å². The summed E-state index contributed by atoms with van der Waals surface area (Å²) in [6, 6.07) is 9.41. The first-order chi connectivity index (χ1) is 9.65. The minimum atomic E-state index is -0.725. The number of carbonyl (C=O) groups is 1. The second kappa shape index (κ2) is 6.65. The van der Waals surface area contributed by atoms with E-state index in [1.165, 1.54) is 0 Å². The average Bonchev–Trinajstić information content (AvgIpc) is 3.01. The van der Waals surface area contributed by atoms with E-state index in [0.29, 0.717) is 0 Å². The second-order valence-electron chi connectivity index (χ2n) is 4.84. The van der Waals surface area contributed by atoms with Crippen molar-refractivity contribution < 1.29 is 10.0 Å². The zero-order valence-electron chi connectivity index (χ0n) is 11.4. The van der Waals surface area contributed by atoms with Crippen molar-refractivity contribution >= 4 is 23.5 Å². The number of rotatable bonds is 4. The summed E-state index contributed by atoms with van der Waals surface area (Å²) in [7, 11) is 1.79. The van der Waals surface area contributed by atoms with Crippen LogP contribution < -0.4 is 5.73 Å². The summed E-state index contributed by atoms with van der Waals surface area (Å²) in [6.45, 7) is 0. The zero-order chi connectivity index (χ0) is 14.5. The minimum Gasteiger partial charge on any atom is -0.409 e. The number of oxime groups is 1. The molecular weight excluding hydrogens is 274 g/mol. The van der Waals surface area contributed by atoms with Gasteiger partial charge in [0.25, 0.3) is 0 Å². The predicted octanol–water partition coefficient (Wildman–Crippen LogP) is 1.48. The van der Waals surface area contributed by atoms with E-state index in [4.69, 9.17) is 10.9 Å². The van der Waals surface area contributed by atoms with Gasteiger partial charge in [-0.1, -0.05) is 35.5 Å². The maximum Gasteiger partial charge on any atom is 0.237 e. The van der Waals surface area contributed by atoms with E-state index in [1.54, 1.807) is 11.9 Å². The van der Waals surface area contributed by atoms with Gasteiger partial charge < -0.3 is 15.8 Å². The fourth-order valence-electron chi connectivity index (χ4n) is 2.35. The smallest absolute Gasteiger partial charge is 0.237 e. The third-order valence-corrected chi connectivity index (χ3v) is 4.74. The lowest BCUT2D eigenvalue weighted by Gasteiger charge is -2.28. The number of hydrogen-bond acceptors (Lipinski definition) is 4. The quantitative estimate of drug-likeness (QED) is 0.381. The highest BCUT2D eigenvalue weighted by Gasteiger charge is 2.32. The third-order valence-electron chi connectivity index (χ3n) is 3.59. The van der Waals surface area contributed by atoms with Crippen LogP contribution in [0.25, 0.3) is 0 Å². The van der Waals surface area contributed by atoms with E-state index in [1.807, 2.05) is 42.1 Å². The number of nitrogens with zero attached hydrogens (tertiary/aromatic N) is 2. The molecule has 1 fully saturated rings. The van der Waals surface area contributed by atoms with Gasteiger partial charge in [-0.2, -0.15) is 11.8 Å². The van der Waals surface area contributed by atoms with Gasteiger partial charge in [-0.3, -0.25) is 4.79 Å². The summed E-state index contributed by atoms with van der Waals surface area (Å²) in [5.74, 6) is 1.09. The number of carbonyl (C=O) groups excluding carboxylic acids is 1. The number of hydrogen-bond donors (Lipinski definition) is 2. The standard InChI is InChI=1S/C14H19N3O2S/c1-17(11-7-8-20-9-11)14(18)12(13(15)16-19)10-5-3-2-4-6-10/h2-6,11-12,19H,7-9H2,1H3,(H2,15,16). The molecule has 1 amide bonds. The number of amidine groups is 1. The summed E-state index contributed by atoms with van der Waals surface area (Å²) in [5, 5.41) is 12.0. The number of nitrogens with two attached hydrogens (primary N) is 1. The van der Waals surface area contributed by atoms with E-state index < -0.39 is 5.92 Å². The molecule has 0 radical (unpaired) electrons. The maximum absolute atomic E-state index is 12.7. The molecule has 2 unspecified atom stereocenters. The molecule has 2 atom stereocenters. The molecule has 108 valence electrons. The Kier molecular flexibility index (Phi) is 4.89. The molecule has 0 spiro atoms. The average molecular weight is 293 g/mol. The summed E-state index contributed by atoms with van der Waals surface area (Å²) in [5.41, 5.74) is 6.47. The van der Waals surface area contributed by atoms with Crippen LogP contribution in [-0.2, 0) is 4.79 Å². The molecule has 0 aromatic heterocycles. The van der Waals surface area contributed by atoms with E-state index in [9.17, 15) is 4.79 Å². The molecule has 6 heteroatoms. The monoisotopic (exact) mass is 293 g/mol. The Balaban J connectivity index is 2.25. The van der Waals surface area contributed by atoms with Gasteiger partial charge in [-0.15, -0.1) is 0 Å². The fraction of sp³-hybridized carbons (Fsp3) is 0.429. The maximum atomic E-state index is 12.7. The van der Waals surface area contributed by atoms with Crippen molar-refractivity contribution in [3.8, 4) is 0 Å². The van der Waals surface area contributed by atoms with Crippen LogP contribution in [0.4, 0.5) is 0 Å². The molecule has 1 saturated heterocycles. The lowest BCUT2D eigenvalue weighted by Crippen LogP contribution is -2.43. The Labute approximate surface area is 122 Å². The van der Waals surface area contributed by atoms with Crippen LogP contribution in [0.15, 0.2) is 35.5 Å². The number of amides is 1. The molecule has 1 aliphatic heterocycles. The van der Waals surface area contributed by atoms with Crippen molar-refractivity contribution in [1.82, 2.24) is 4.90 Å².